The molecule has 0 atom stereocenters. The Hall–Kier alpha value is -0.311. The molecule has 0 saturated heterocycles. The van der Waals surface area contributed by atoms with E-state index in [1.807, 2.05) is 18.2 Å². The summed E-state index contributed by atoms with van der Waals surface area (Å²) in [5.74, 6) is 0. The fourth-order valence-electron chi connectivity index (χ4n) is 0.532. The molecule has 0 saturated carbocycles. The number of rotatable bonds is 1. The zero-order valence-corrected chi connectivity index (χ0v) is 9.73. The van der Waals surface area contributed by atoms with E-state index in [-0.39, 0.29) is 21.1 Å². The minimum atomic E-state index is 0.230. The van der Waals surface area contributed by atoms with Crippen LogP contribution in [0.15, 0.2) is 30.3 Å². The van der Waals surface area contributed by atoms with Crippen LogP contribution < -0.4 is 0 Å². The number of carbonyl (C=O) groups excluding carboxylic acids is 1. The number of benzene rings is 1. The fraction of sp³-hybridized carbons (Fsp3) is 0.222. The van der Waals surface area contributed by atoms with Crippen molar-refractivity contribution in [3.05, 3.63) is 35.9 Å². The summed E-state index contributed by atoms with van der Waals surface area (Å²) in [7, 11) is 0. The number of hydrogen-bond acceptors (Lipinski definition) is 1. The molecular formula is C9H12OSn. The van der Waals surface area contributed by atoms with Gasteiger partial charge in [0.25, 0.3) is 0 Å². The van der Waals surface area contributed by atoms with Crippen LogP contribution in [0.2, 0.25) is 9.88 Å². The van der Waals surface area contributed by atoms with Gasteiger partial charge in [-0.25, -0.2) is 0 Å². The number of carbonyl (C=O) groups is 1. The molecule has 2 heteroatoms. The van der Waals surface area contributed by atoms with Gasteiger partial charge in [-0.2, -0.15) is 0 Å². The van der Waals surface area contributed by atoms with Crippen molar-refractivity contribution in [3.8, 4) is 0 Å². The second kappa shape index (κ2) is 7.79. The topological polar surface area (TPSA) is 17.1 Å². The molecule has 0 unspecified atom stereocenters. The Morgan fingerprint density at radius 1 is 1.18 bits per heavy atom. The first-order valence-corrected chi connectivity index (χ1v) is 9.14. The van der Waals surface area contributed by atoms with Crippen LogP contribution in [0.4, 0.5) is 0 Å². The summed E-state index contributed by atoms with van der Waals surface area (Å²) in [4.78, 5) is 14.6. The molecule has 11 heavy (non-hydrogen) atoms. The van der Waals surface area contributed by atoms with Crippen LogP contribution in [0.25, 0.3) is 0 Å². The first-order chi connectivity index (χ1) is 5.35. The maximum absolute atomic E-state index is 10.0. The van der Waals surface area contributed by atoms with Crippen molar-refractivity contribution in [2.24, 2.45) is 0 Å². The van der Waals surface area contributed by atoms with E-state index in [2.05, 4.69) is 9.88 Å². The predicted octanol–water partition coefficient (Wildman–Crippen LogP) is 2.29. The van der Waals surface area contributed by atoms with Gasteiger partial charge in [0.05, 0.1) is 0 Å². The third-order valence-electron chi connectivity index (χ3n) is 0.936. The second-order valence-electron chi connectivity index (χ2n) is 2.03. The Balaban J connectivity index is 0.000000292. The average Bonchev–Trinajstić information content (AvgIpc) is 2.08. The summed E-state index contributed by atoms with van der Waals surface area (Å²) in [5.41, 5.74) is 0.729. The molecule has 0 spiro atoms. The van der Waals surface area contributed by atoms with Gasteiger partial charge in [-0.05, 0) is 0 Å². The molecule has 58 valence electrons. The van der Waals surface area contributed by atoms with Gasteiger partial charge in [0.1, 0.15) is 6.29 Å². The molecule has 0 amide bonds. The third kappa shape index (κ3) is 6.10. The van der Waals surface area contributed by atoms with Crippen LogP contribution in [0, 0.1) is 0 Å². The van der Waals surface area contributed by atoms with Crippen LogP contribution in [-0.4, -0.2) is 27.4 Å². The third-order valence-corrected chi connectivity index (χ3v) is 0.936. The quantitative estimate of drug-likeness (QED) is 0.555. The van der Waals surface area contributed by atoms with E-state index in [9.17, 15) is 4.79 Å². The summed E-state index contributed by atoms with van der Waals surface area (Å²) in [6.45, 7) is 0. The van der Waals surface area contributed by atoms with Gasteiger partial charge in [-0.3, -0.25) is 4.79 Å². The van der Waals surface area contributed by atoms with E-state index >= 15 is 0 Å². The Bertz CT molecular complexity index is 184. The van der Waals surface area contributed by atoms with Crippen molar-refractivity contribution in [2.45, 2.75) is 9.88 Å². The van der Waals surface area contributed by atoms with Crippen molar-refractivity contribution in [1.82, 2.24) is 0 Å². The Kier molecular flexibility index (Phi) is 7.57. The first-order valence-electron chi connectivity index (χ1n) is 3.44. The molecular weight excluding hydrogens is 243 g/mol. The van der Waals surface area contributed by atoms with Gasteiger partial charge in [0, 0.05) is 5.56 Å². The van der Waals surface area contributed by atoms with Gasteiger partial charge >= 0.3 is 31.0 Å². The molecule has 0 heterocycles. The molecule has 0 bridgehead atoms. The van der Waals surface area contributed by atoms with E-state index in [0.29, 0.717) is 0 Å². The molecule has 1 aromatic carbocycles. The standard InChI is InChI=1S/C7H6O.2CH3.Sn/c8-6-7-4-2-1-3-5-7;;;/h1-6H;2*1H3;. The van der Waals surface area contributed by atoms with E-state index in [0.717, 1.165) is 11.8 Å². The molecule has 1 nitrogen and oxygen atoms in total. The van der Waals surface area contributed by atoms with Crippen LogP contribution in [-0.2, 0) is 0 Å². The first kappa shape index (κ1) is 10.7. The Morgan fingerprint density at radius 3 is 1.91 bits per heavy atom. The Morgan fingerprint density at radius 2 is 1.64 bits per heavy atom. The van der Waals surface area contributed by atoms with Gasteiger partial charge in [0.2, 0.25) is 0 Å². The molecule has 0 aromatic heterocycles. The fourth-order valence-corrected chi connectivity index (χ4v) is 0.532. The van der Waals surface area contributed by atoms with Crippen LogP contribution in [0.1, 0.15) is 10.4 Å². The molecule has 0 aliphatic heterocycles. The summed E-state index contributed by atoms with van der Waals surface area (Å²) < 4.78 is 0. The normalized spacial score (nSPS) is 7.82. The maximum atomic E-state index is 10.0. The SMILES string of the molecule is O=Cc1ccccc1.[CH3][Sn][CH3]. The van der Waals surface area contributed by atoms with Gasteiger partial charge in [-0.15, -0.1) is 0 Å². The van der Waals surface area contributed by atoms with Crippen molar-refractivity contribution < 1.29 is 4.79 Å². The zero-order chi connectivity index (χ0) is 8.53. The molecule has 0 aliphatic rings. The van der Waals surface area contributed by atoms with E-state index in [1.54, 1.807) is 12.1 Å². The Labute approximate surface area is 78.0 Å². The molecule has 0 N–H and O–H groups in total. The molecule has 2 radical (unpaired) electrons. The van der Waals surface area contributed by atoms with E-state index in [4.69, 9.17) is 0 Å². The van der Waals surface area contributed by atoms with Gasteiger partial charge in [0.15, 0.2) is 0 Å². The summed E-state index contributed by atoms with van der Waals surface area (Å²) in [5, 5.41) is 0. The molecule has 1 rings (SSSR count). The van der Waals surface area contributed by atoms with Crippen molar-refractivity contribution in [3.63, 3.8) is 0 Å². The molecule has 1 aromatic rings. The van der Waals surface area contributed by atoms with Crippen LogP contribution in [0.5, 0.6) is 0 Å². The predicted molar refractivity (Wildman–Crippen MR) is 49.3 cm³/mol. The molecule has 0 fully saturated rings. The molecule has 0 aliphatic carbocycles. The number of aldehydes is 1. The van der Waals surface area contributed by atoms with Gasteiger partial charge in [-0.1, -0.05) is 30.3 Å². The van der Waals surface area contributed by atoms with Crippen molar-refractivity contribution in [2.75, 3.05) is 0 Å². The average molecular weight is 255 g/mol. The summed E-state index contributed by atoms with van der Waals surface area (Å²) in [6.07, 6.45) is 0.833. The van der Waals surface area contributed by atoms with E-state index in [1.165, 1.54) is 0 Å². The summed E-state index contributed by atoms with van der Waals surface area (Å²) in [6, 6.07) is 9.10. The minimum absolute atomic E-state index is 0.230. The van der Waals surface area contributed by atoms with Crippen molar-refractivity contribution in [1.29, 1.82) is 0 Å². The van der Waals surface area contributed by atoms with Crippen LogP contribution in [0.3, 0.4) is 0 Å². The van der Waals surface area contributed by atoms with Crippen molar-refractivity contribution >= 4 is 27.4 Å². The van der Waals surface area contributed by atoms with Gasteiger partial charge < -0.3 is 0 Å². The monoisotopic (exact) mass is 256 g/mol. The van der Waals surface area contributed by atoms with E-state index < -0.39 is 0 Å². The zero-order valence-electron chi connectivity index (χ0n) is 6.87. The summed E-state index contributed by atoms with van der Waals surface area (Å²) >= 11 is 0.230. The van der Waals surface area contributed by atoms with Crippen LogP contribution >= 0.6 is 0 Å². The second-order valence-corrected chi connectivity index (χ2v) is 4.88. The number of hydrogen-bond donors (Lipinski definition) is 0.